The van der Waals surface area contributed by atoms with E-state index in [0.717, 1.165) is 5.69 Å². The van der Waals surface area contributed by atoms with E-state index in [4.69, 9.17) is 0 Å². The molecule has 1 unspecified atom stereocenters. The van der Waals surface area contributed by atoms with E-state index in [-0.39, 0.29) is 13.0 Å². The Morgan fingerprint density at radius 2 is 2.15 bits per heavy atom. The lowest BCUT2D eigenvalue weighted by Gasteiger charge is -2.35. The second kappa shape index (κ2) is 4.60. The third-order valence-electron chi connectivity index (χ3n) is 3.57. The molecule has 1 aliphatic heterocycles. The Bertz CT molecular complexity index is 621. The van der Waals surface area contributed by atoms with Crippen LogP contribution in [0.15, 0.2) is 12.4 Å². The fraction of sp³-hybridized carbons (Fsp3) is 0.583. The predicted molar refractivity (Wildman–Crippen MR) is 66.5 cm³/mol. The minimum absolute atomic E-state index is 0.0398. The summed E-state index contributed by atoms with van der Waals surface area (Å²) in [4.78, 5) is 9.91. The first-order chi connectivity index (χ1) is 9.45. The Balaban J connectivity index is 1.96. The van der Waals surface area contributed by atoms with Crippen LogP contribution < -0.4 is 4.90 Å². The number of piperidine rings is 1. The number of hydrogen-bond acceptors (Lipinski definition) is 4. The molecule has 0 saturated carbocycles. The number of fused-ring (bicyclic) bond motifs is 1. The van der Waals surface area contributed by atoms with Crippen LogP contribution in [-0.2, 0) is 0 Å². The molecule has 0 bridgehead atoms. The Morgan fingerprint density at radius 1 is 1.35 bits per heavy atom. The summed E-state index contributed by atoms with van der Waals surface area (Å²) in [5.74, 6) is -0.253. The highest BCUT2D eigenvalue weighted by Gasteiger charge is 2.42. The van der Waals surface area contributed by atoms with Crippen molar-refractivity contribution >= 4 is 11.6 Å². The molecule has 1 fully saturated rings. The summed E-state index contributed by atoms with van der Waals surface area (Å²) in [6.07, 6.45) is -2.09. The standard InChI is InChI=1S/C12H14F3N5/c1-8-5-10(20-11(18-8)16-7-17-20)19-4-2-3-9(6-19)12(13,14)15/h5,7,9H,2-4,6H2,1H3. The highest BCUT2D eigenvalue weighted by Crippen LogP contribution is 2.34. The normalized spacial score (nSPS) is 20.6. The summed E-state index contributed by atoms with van der Waals surface area (Å²) in [6, 6.07) is 1.75. The van der Waals surface area contributed by atoms with Crippen LogP contribution in [0.25, 0.3) is 5.78 Å². The molecule has 0 N–H and O–H groups in total. The molecule has 2 aromatic rings. The van der Waals surface area contributed by atoms with Crippen LogP contribution >= 0.6 is 0 Å². The van der Waals surface area contributed by atoms with Crippen molar-refractivity contribution in [3.8, 4) is 0 Å². The highest BCUT2D eigenvalue weighted by molar-refractivity contribution is 5.47. The lowest BCUT2D eigenvalue weighted by Crippen LogP contribution is -2.42. The number of rotatable bonds is 1. The number of hydrogen-bond donors (Lipinski definition) is 0. The SMILES string of the molecule is Cc1cc(N2CCCC(C(F)(F)F)C2)n2ncnc2n1. The lowest BCUT2D eigenvalue weighted by molar-refractivity contribution is -0.176. The van der Waals surface area contributed by atoms with E-state index >= 15 is 0 Å². The molecule has 1 saturated heterocycles. The van der Waals surface area contributed by atoms with Crippen molar-refractivity contribution in [2.45, 2.75) is 25.9 Å². The zero-order valence-electron chi connectivity index (χ0n) is 10.9. The molecule has 8 heteroatoms. The third-order valence-corrected chi connectivity index (χ3v) is 3.57. The zero-order valence-corrected chi connectivity index (χ0v) is 10.9. The molecule has 2 aromatic heterocycles. The van der Waals surface area contributed by atoms with Crippen LogP contribution in [0.2, 0.25) is 0 Å². The molecule has 3 rings (SSSR count). The zero-order chi connectivity index (χ0) is 14.3. The average molecular weight is 285 g/mol. The van der Waals surface area contributed by atoms with Gasteiger partial charge in [-0.3, -0.25) is 0 Å². The van der Waals surface area contributed by atoms with E-state index in [9.17, 15) is 13.2 Å². The van der Waals surface area contributed by atoms with Gasteiger partial charge in [0.25, 0.3) is 5.78 Å². The topological polar surface area (TPSA) is 46.3 Å². The number of nitrogens with zero attached hydrogens (tertiary/aromatic N) is 5. The second-order valence-electron chi connectivity index (χ2n) is 5.05. The van der Waals surface area contributed by atoms with Gasteiger partial charge in [0.2, 0.25) is 0 Å². The van der Waals surface area contributed by atoms with Gasteiger partial charge in [-0.2, -0.15) is 27.8 Å². The van der Waals surface area contributed by atoms with Crippen molar-refractivity contribution in [1.82, 2.24) is 19.6 Å². The van der Waals surface area contributed by atoms with Gasteiger partial charge >= 0.3 is 6.18 Å². The van der Waals surface area contributed by atoms with Crippen LogP contribution in [0.4, 0.5) is 19.0 Å². The fourth-order valence-electron chi connectivity index (χ4n) is 2.59. The molecule has 0 aliphatic carbocycles. The summed E-state index contributed by atoms with van der Waals surface area (Å²) in [5.41, 5.74) is 0.717. The van der Waals surface area contributed by atoms with Gasteiger partial charge in [0.1, 0.15) is 12.1 Å². The Labute approximate surface area is 113 Å². The van der Waals surface area contributed by atoms with Crippen molar-refractivity contribution in [2.75, 3.05) is 18.0 Å². The first kappa shape index (κ1) is 13.1. The summed E-state index contributed by atoms with van der Waals surface area (Å²) in [5, 5.41) is 4.04. The summed E-state index contributed by atoms with van der Waals surface area (Å²) < 4.78 is 40.2. The van der Waals surface area contributed by atoms with Crippen LogP contribution in [0.3, 0.4) is 0 Å². The molecule has 1 atom stereocenters. The molecule has 0 aromatic carbocycles. The van der Waals surface area contributed by atoms with E-state index in [1.54, 1.807) is 17.9 Å². The van der Waals surface area contributed by atoms with E-state index in [1.807, 2.05) is 0 Å². The van der Waals surface area contributed by atoms with Crippen molar-refractivity contribution in [1.29, 1.82) is 0 Å². The molecule has 20 heavy (non-hydrogen) atoms. The Morgan fingerprint density at radius 3 is 2.90 bits per heavy atom. The van der Waals surface area contributed by atoms with Crippen LogP contribution in [0.5, 0.6) is 0 Å². The van der Waals surface area contributed by atoms with Crippen LogP contribution in [0.1, 0.15) is 18.5 Å². The van der Waals surface area contributed by atoms with Gasteiger partial charge in [-0.1, -0.05) is 0 Å². The molecule has 5 nitrogen and oxygen atoms in total. The molecule has 1 aliphatic rings. The number of anilines is 1. The van der Waals surface area contributed by atoms with Gasteiger partial charge in [-0.15, -0.1) is 0 Å². The predicted octanol–water partition coefficient (Wildman–Crippen LogP) is 2.21. The van der Waals surface area contributed by atoms with Gasteiger partial charge in [0.15, 0.2) is 0 Å². The average Bonchev–Trinajstić information content (AvgIpc) is 2.85. The first-order valence-electron chi connectivity index (χ1n) is 6.44. The fourth-order valence-corrected chi connectivity index (χ4v) is 2.59. The highest BCUT2D eigenvalue weighted by atomic mass is 19.4. The number of aromatic nitrogens is 4. The molecule has 108 valence electrons. The van der Waals surface area contributed by atoms with Crippen molar-refractivity contribution in [2.24, 2.45) is 5.92 Å². The second-order valence-corrected chi connectivity index (χ2v) is 5.05. The molecule has 3 heterocycles. The van der Waals surface area contributed by atoms with Crippen molar-refractivity contribution in [3.63, 3.8) is 0 Å². The first-order valence-corrected chi connectivity index (χ1v) is 6.44. The van der Waals surface area contributed by atoms with E-state index in [1.165, 1.54) is 10.8 Å². The van der Waals surface area contributed by atoms with Gasteiger partial charge in [0, 0.05) is 24.8 Å². The lowest BCUT2D eigenvalue weighted by atomic mass is 9.97. The quantitative estimate of drug-likeness (QED) is 0.806. The van der Waals surface area contributed by atoms with E-state index < -0.39 is 12.1 Å². The van der Waals surface area contributed by atoms with Crippen molar-refractivity contribution in [3.05, 3.63) is 18.1 Å². The number of halogens is 3. The maximum absolute atomic E-state index is 12.9. The third kappa shape index (κ3) is 2.30. The molecule has 0 spiro atoms. The van der Waals surface area contributed by atoms with Gasteiger partial charge < -0.3 is 4.90 Å². The number of aryl methyl sites for hydroxylation is 1. The van der Waals surface area contributed by atoms with Gasteiger partial charge in [0.05, 0.1) is 5.92 Å². The summed E-state index contributed by atoms with van der Waals surface area (Å²) >= 11 is 0. The summed E-state index contributed by atoms with van der Waals surface area (Å²) in [7, 11) is 0. The molecular formula is C12H14F3N5. The van der Waals surface area contributed by atoms with Gasteiger partial charge in [-0.05, 0) is 19.8 Å². The Kier molecular flexibility index (Phi) is 3.02. The minimum atomic E-state index is -4.15. The van der Waals surface area contributed by atoms with Gasteiger partial charge in [-0.25, -0.2) is 4.98 Å². The largest absolute Gasteiger partial charge is 0.393 e. The van der Waals surface area contributed by atoms with Crippen LogP contribution in [-0.4, -0.2) is 38.8 Å². The minimum Gasteiger partial charge on any atom is -0.356 e. The van der Waals surface area contributed by atoms with Crippen LogP contribution in [0, 0.1) is 12.8 Å². The van der Waals surface area contributed by atoms with Crippen molar-refractivity contribution < 1.29 is 13.2 Å². The Hall–Kier alpha value is -1.86. The summed E-state index contributed by atoms with van der Waals surface area (Å²) in [6.45, 7) is 2.34. The molecular weight excluding hydrogens is 271 g/mol. The maximum atomic E-state index is 12.9. The number of alkyl halides is 3. The maximum Gasteiger partial charge on any atom is 0.393 e. The van der Waals surface area contributed by atoms with E-state index in [2.05, 4.69) is 15.1 Å². The monoisotopic (exact) mass is 285 g/mol. The molecule has 0 amide bonds. The smallest absolute Gasteiger partial charge is 0.356 e. The molecule has 0 radical (unpaired) electrons. The van der Waals surface area contributed by atoms with E-state index in [0.29, 0.717) is 24.6 Å².